The fourth-order valence-corrected chi connectivity index (χ4v) is 2.10. The highest BCUT2D eigenvalue weighted by atomic mass is 35.5. The van der Waals surface area contributed by atoms with E-state index >= 15 is 0 Å². The Kier molecular flexibility index (Phi) is 5.04. The molecule has 1 heterocycles. The van der Waals surface area contributed by atoms with Crippen molar-refractivity contribution >= 4 is 34.8 Å². The Morgan fingerprint density at radius 1 is 1.33 bits per heavy atom. The maximum absolute atomic E-state index is 12.1. The first-order valence-corrected chi connectivity index (χ1v) is 7.07. The molecular formula is C15H14Cl2N2O2. The summed E-state index contributed by atoms with van der Waals surface area (Å²) in [7, 11) is 0. The number of aromatic nitrogens is 1. The van der Waals surface area contributed by atoms with Crippen LogP contribution >= 0.6 is 23.2 Å². The third-order valence-electron chi connectivity index (χ3n) is 2.83. The van der Waals surface area contributed by atoms with E-state index in [2.05, 4.69) is 10.3 Å². The number of nitrogens with one attached hydrogen (secondary N) is 1. The first-order valence-electron chi connectivity index (χ1n) is 6.31. The predicted octanol–water partition coefficient (Wildman–Crippen LogP) is 4.10. The summed E-state index contributed by atoms with van der Waals surface area (Å²) in [6, 6.07) is 8.59. The number of benzene rings is 1. The van der Waals surface area contributed by atoms with Gasteiger partial charge < -0.3 is 10.1 Å². The van der Waals surface area contributed by atoms with Crippen LogP contribution in [0.25, 0.3) is 0 Å². The molecule has 0 bridgehead atoms. The van der Waals surface area contributed by atoms with E-state index in [0.29, 0.717) is 16.5 Å². The van der Waals surface area contributed by atoms with Gasteiger partial charge in [0, 0.05) is 11.2 Å². The van der Waals surface area contributed by atoms with Crippen LogP contribution in [0.2, 0.25) is 10.2 Å². The molecule has 2 aromatic rings. The van der Waals surface area contributed by atoms with E-state index in [4.69, 9.17) is 27.9 Å². The summed E-state index contributed by atoms with van der Waals surface area (Å²) >= 11 is 11.8. The number of amides is 1. The van der Waals surface area contributed by atoms with E-state index < -0.39 is 6.10 Å². The van der Waals surface area contributed by atoms with Crippen LogP contribution in [0.15, 0.2) is 36.5 Å². The molecule has 0 aliphatic carbocycles. The summed E-state index contributed by atoms with van der Waals surface area (Å²) in [6.07, 6.45) is 0.871. The summed E-state index contributed by atoms with van der Waals surface area (Å²) < 4.78 is 5.64. The molecule has 6 heteroatoms. The van der Waals surface area contributed by atoms with Crippen LogP contribution in [-0.4, -0.2) is 17.0 Å². The van der Waals surface area contributed by atoms with Crippen LogP contribution in [-0.2, 0) is 4.79 Å². The summed E-state index contributed by atoms with van der Waals surface area (Å²) in [5.74, 6) is 0.304. The molecule has 4 nitrogen and oxygen atoms in total. The van der Waals surface area contributed by atoms with Gasteiger partial charge in [-0.1, -0.05) is 23.2 Å². The third-order valence-corrected chi connectivity index (χ3v) is 3.36. The van der Waals surface area contributed by atoms with Crippen molar-refractivity contribution in [3.8, 4) is 5.75 Å². The number of rotatable bonds is 4. The van der Waals surface area contributed by atoms with Gasteiger partial charge in [0.05, 0.1) is 5.69 Å². The molecule has 110 valence electrons. The minimum Gasteiger partial charge on any atom is -0.481 e. The zero-order valence-corrected chi connectivity index (χ0v) is 13.1. The molecule has 1 aromatic heterocycles. The Balaban J connectivity index is 2.04. The van der Waals surface area contributed by atoms with Crippen LogP contribution in [0, 0.1) is 6.92 Å². The molecule has 0 aliphatic heterocycles. The van der Waals surface area contributed by atoms with E-state index in [0.717, 1.165) is 5.56 Å². The lowest BCUT2D eigenvalue weighted by Gasteiger charge is -2.16. The normalized spacial score (nSPS) is 11.8. The zero-order valence-electron chi connectivity index (χ0n) is 11.6. The van der Waals surface area contributed by atoms with Crippen molar-refractivity contribution in [2.45, 2.75) is 20.0 Å². The maximum Gasteiger partial charge on any atom is 0.265 e. The molecule has 0 fully saturated rings. The van der Waals surface area contributed by atoms with Crippen molar-refractivity contribution in [3.63, 3.8) is 0 Å². The molecule has 2 rings (SSSR count). The second-order valence-electron chi connectivity index (χ2n) is 4.50. The lowest BCUT2D eigenvalue weighted by Crippen LogP contribution is -2.30. The molecule has 0 saturated carbocycles. The minimum atomic E-state index is -0.679. The van der Waals surface area contributed by atoms with Gasteiger partial charge >= 0.3 is 0 Å². The number of anilines is 1. The van der Waals surface area contributed by atoms with Gasteiger partial charge in [0.15, 0.2) is 11.3 Å². The van der Waals surface area contributed by atoms with Gasteiger partial charge in [-0.05, 0) is 49.7 Å². The van der Waals surface area contributed by atoms with Crippen molar-refractivity contribution in [2.24, 2.45) is 0 Å². The number of hydrogen-bond donors (Lipinski definition) is 1. The summed E-state index contributed by atoms with van der Waals surface area (Å²) in [4.78, 5) is 16.0. The van der Waals surface area contributed by atoms with Crippen LogP contribution in [0.1, 0.15) is 12.5 Å². The van der Waals surface area contributed by atoms with E-state index in [1.165, 1.54) is 0 Å². The molecule has 1 amide bonds. The second kappa shape index (κ2) is 6.78. The van der Waals surface area contributed by atoms with Gasteiger partial charge in [-0.3, -0.25) is 4.79 Å². The average Bonchev–Trinajstić information content (AvgIpc) is 2.44. The maximum atomic E-state index is 12.1. The number of carbonyl (C=O) groups is 1. The fraction of sp³-hybridized carbons (Fsp3) is 0.200. The molecule has 0 unspecified atom stereocenters. The number of aryl methyl sites for hydroxylation is 1. The smallest absolute Gasteiger partial charge is 0.265 e. The van der Waals surface area contributed by atoms with Crippen molar-refractivity contribution < 1.29 is 9.53 Å². The van der Waals surface area contributed by atoms with Crippen LogP contribution < -0.4 is 10.1 Å². The fourth-order valence-electron chi connectivity index (χ4n) is 1.70. The SMILES string of the molecule is Cc1cc(Cl)ccc1O[C@H](C)C(=O)Nc1cccnc1Cl. The third kappa shape index (κ3) is 4.09. The van der Waals surface area contributed by atoms with Crippen LogP contribution in [0.5, 0.6) is 5.75 Å². The van der Waals surface area contributed by atoms with Crippen molar-refractivity contribution in [1.82, 2.24) is 4.98 Å². The van der Waals surface area contributed by atoms with Crippen molar-refractivity contribution in [3.05, 3.63) is 52.3 Å². The van der Waals surface area contributed by atoms with Gasteiger partial charge in [-0.15, -0.1) is 0 Å². The molecule has 1 aromatic carbocycles. The first kappa shape index (κ1) is 15.6. The number of carbonyl (C=O) groups excluding carboxylic acids is 1. The van der Waals surface area contributed by atoms with Gasteiger partial charge in [-0.25, -0.2) is 4.98 Å². The Morgan fingerprint density at radius 2 is 2.10 bits per heavy atom. The lowest BCUT2D eigenvalue weighted by atomic mass is 10.2. The topological polar surface area (TPSA) is 51.2 Å². The van der Waals surface area contributed by atoms with Gasteiger partial charge in [-0.2, -0.15) is 0 Å². The van der Waals surface area contributed by atoms with Crippen LogP contribution in [0.3, 0.4) is 0 Å². The Bertz CT molecular complexity index is 662. The number of nitrogens with zero attached hydrogens (tertiary/aromatic N) is 1. The lowest BCUT2D eigenvalue weighted by molar-refractivity contribution is -0.122. The number of pyridine rings is 1. The molecular weight excluding hydrogens is 311 g/mol. The van der Waals surface area contributed by atoms with Gasteiger partial charge in [0.25, 0.3) is 5.91 Å². The molecule has 0 spiro atoms. The molecule has 1 N–H and O–H groups in total. The number of hydrogen-bond acceptors (Lipinski definition) is 3. The van der Waals surface area contributed by atoms with E-state index in [1.54, 1.807) is 43.5 Å². The largest absolute Gasteiger partial charge is 0.481 e. The van der Waals surface area contributed by atoms with Crippen LogP contribution in [0.4, 0.5) is 5.69 Å². The van der Waals surface area contributed by atoms with Gasteiger partial charge in [0.1, 0.15) is 5.75 Å². The predicted molar refractivity (Wildman–Crippen MR) is 84.2 cm³/mol. The summed E-state index contributed by atoms with van der Waals surface area (Å²) in [6.45, 7) is 3.53. The van der Waals surface area contributed by atoms with Crippen molar-refractivity contribution in [1.29, 1.82) is 0 Å². The number of halogens is 2. The minimum absolute atomic E-state index is 0.237. The molecule has 0 saturated heterocycles. The van der Waals surface area contributed by atoms with E-state index in [9.17, 15) is 4.79 Å². The van der Waals surface area contributed by atoms with Gasteiger partial charge in [0.2, 0.25) is 0 Å². The highest BCUT2D eigenvalue weighted by molar-refractivity contribution is 6.32. The number of ether oxygens (including phenoxy) is 1. The van der Waals surface area contributed by atoms with Crippen molar-refractivity contribution in [2.75, 3.05) is 5.32 Å². The van der Waals surface area contributed by atoms with E-state index in [1.807, 2.05) is 6.92 Å². The Morgan fingerprint density at radius 3 is 2.76 bits per heavy atom. The molecule has 1 atom stereocenters. The summed E-state index contributed by atoms with van der Waals surface area (Å²) in [5.41, 5.74) is 1.31. The quantitative estimate of drug-likeness (QED) is 0.861. The van der Waals surface area contributed by atoms with E-state index in [-0.39, 0.29) is 11.1 Å². The molecule has 21 heavy (non-hydrogen) atoms. The summed E-state index contributed by atoms with van der Waals surface area (Å²) in [5, 5.41) is 3.54. The monoisotopic (exact) mass is 324 g/mol. The Labute approximate surface area is 133 Å². The molecule has 0 radical (unpaired) electrons. The standard InChI is InChI=1S/C15H14Cl2N2O2/c1-9-8-11(16)5-6-13(9)21-10(2)15(20)19-12-4-3-7-18-14(12)17/h3-8,10H,1-2H3,(H,19,20)/t10-/m1/s1. The second-order valence-corrected chi connectivity index (χ2v) is 5.30. The molecule has 0 aliphatic rings. The zero-order chi connectivity index (χ0) is 15.4. The average molecular weight is 325 g/mol. The Hall–Kier alpha value is -1.78. The highest BCUT2D eigenvalue weighted by Gasteiger charge is 2.17. The first-order chi connectivity index (χ1) is 9.97. The highest BCUT2D eigenvalue weighted by Crippen LogP contribution is 2.23.